The molecule has 0 saturated carbocycles. The first-order chi connectivity index (χ1) is 23.6. The van der Waals surface area contributed by atoms with E-state index in [-0.39, 0.29) is 22.6 Å². The molecule has 0 radical (unpaired) electrons. The number of hydrogen-bond donors (Lipinski definition) is 2. The van der Waals surface area contributed by atoms with Crippen molar-refractivity contribution in [3.05, 3.63) is 117 Å². The Bertz CT molecular complexity index is 1380. The van der Waals surface area contributed by atoms with Crippen LogP contribution in [0.4, 0.5) is 0 Å². The molecule has 50 heavy (non-hydrogen) atoms. The van der Waals surface area contributed by atoms with Crippen molar-refractivity contribution in [2.75, 3.05) is 24.6 Å². The summed E-state index contributed by atoms with van der Waals surface area (Å²) in [6.45, 7) is 23.1. The quantitative estimate of drug-likeness (QED) is 0.0681. The predicted molar refractivity (Wildman–Crippen MR) is 223 cm³/mol. The highest BCUT2D eigenvalue weighted by molar-refractivity contribution is 8.76. The molecule has 2 amide bonds. The van der Waals surface area contributed by atoms with E-state index in [9.17, 15) is 9.59 Å². The van der Waals surface area contributed by atoms with E-state index in [0.717, 1.165) is 22.7 Å². The van der Waals surface area contributed by atoms with Gasteiger partial charge in [-0.2, -0.15) is 0 Å². The van der Waals surface area contributed by atoms with Crippen molar-refractivity contribution in [1.82, 2.24) is 10.6 Å². The fourth-order valence-electron chi connectivity index (χ4n) is 6.43. The van der Waals surface area contributed by atoms with Crippen molar-refractivity contribution in [3.8, 4) is 0 Å². The minimum absolute atomic E-state index is 0.0814. The van der Waals surface area contributed by atoms with Gasteiger partial charge in [-0.3, -0.25) is 9.59 Å². The fourth-order valence-corrected chi connectivity index (χ4v) is 8.24. The zero-order valence-electron chi connectivity index (χ0n) is 32.6. The second-order valence-electron chi connectivity index (χ2n) is 15.1. The Labute approximate surface area is 313 Å². The standard InChI is InChI=1S/C44H64N2O2S2/c1-33(21-23-39-37(5)19-13-25-43(39,7)8)15-11-17-35(3)31-41(47)45-27-29-49-50-30-28-46-42(48)32-36(4)18-12-16-34(2)22-24-40-38(6)20-14-26-44(40,9)10/h11-12,15-18,21-24,31-32H,13-14,19-20,25-30H2,1-10H3,(H,45,47)(H,46,48)/b17-11+,18-12+,23-21+,24-22+,33-15+,34-16+,35-31+,36-32+. The summed E-state index contributed by atoms with van der Waals surface area (Å²) in [7, 11) is 3.39. The lowest BCUT2D eigenvalue weighted by molar-refractivity contribution is -0.117. The van der Waals surface area contributed by atoms with E-state index in [1.807, 2.05) is 38.2 Å². The zero-order chi connectivity index (χ0) is 37.2. The molecule has 0 aromatic carbocycles. The molecule has 0 saturated heterocycles. The third-order valence-electron chi connectivity index (χ3n) is 9.32. The van der Waals surface area contributed by atoms with Crippen molar-refractivity contribution in [3.63, 3.8) is 0 Å². The zero-order valence-corrected chi connectivity index (χ0v) is 34.3. The van der Waals surface area contributed by atoms with Crippen LogP contribution >= 0.6 is 21.6 Å². The van der Waals surface area contributed by atoms with Gasteiger partial charge in [0.2, 0.25) is 11.8 Å². The van der Waals surface area contributed by atoms with Crippen LogP contribution in [-0.2, 0) is 9.59 Å². The van der Waals surface area contributed by atoms with Crippen LogP contribution in [0, 0.1) is 10.8 Å². The van der Waals surface area contributed by atoms with Crippen molar-refractivity contribution >= 4 is 33.4 Å². The molecule has 0 aromatic heterocycles. The molecule has 0 heterocycles. The number of allylic oxidation sites excluding steroid dienone is 18. The van der Waals surface area contributed by atoms with Crippen LogP contribution < -0.4 is 10.6 Å². The molecule has 0 unspecified atom stereocenters. The van der Waals surface area contributed by atoms with Gasteiger partial charge in [0, 0.05) is 36.7 Å². The van der Waals surface area contributed by atoms with Gasteiger partial charge in [0.05, 0.1) is 0 Å². The van der Waals surface area contributed by atoms with Crippen LogP contribution in [-0.4, -0.2) is 36.4 Å². The average Bonchev–Trinajstić information content (AvgIpc) is 3.01. The van der Waals surface area contributed by atoms with Crippen LogP contribution in [0.25, 0.3) is 0 Å². The van der Waals surface area contributed by atoms with Gasteiger partial charge in [0.25, 0.3) is 0 Å². The summed E-state index contributed by atoms with van der Waals surface area (Å²) < 4.78 is 0. The van der Waals surface area contributed by atoms with E-state index in [1.165, 1.54) is 72.0 Å². The van der Waals surface area contributed by atoms with Gasteiger partial charge in [-0.05, 0) is 113 Å². The lowest BCUT2D eigenvalue weighted by Gasteiger charge is -2.33. The molecule has 2 aliphatic carbocycles. The molecule has 6 heteroatoms. The monoisotopic (exact) mass is 716 g/mol. The molecule has 0 aromatic rings. The SMILES string of the molecule is CC1=C(/C=C/C(C)=C/C=C/C(C)=C/C(=O)NCCSSCCNC(=O)/C=C(C)/C=C/C=C(C)/C=C/C2=C(C)CCCC2(C)C)C(C)(C)CCC1. The Hall–Kier alpha value is -2.96. The fraction of sp³-hybridized carbons (Fsp3) is 0.500. The molecule has 0 bridgehead atoms. The first-order valence-electron chi connectivity index (χ1n) is 18.2. The van der Waals surface area contributed by atoms with Crippen LogP contribution in [0.3, 0.4) is 0 Å². The van der Waals surface area contributed by atoms with Crippen LogP contribution in [0.1, 0.15) is 108 Å². The molecule has 4 nitrogen and oxygen atoms in total. The van der Waals surface area contributed by atoms with Gasteiger partial charge >= 0.3 is 0 Å². The molecule has 0 fully saturated rings. The number of rotatable bonds is 17. The lowest BCUT2D eigenvalue weighted by Crippen LogP contribution is -2.24. The summed E-state index contributed by atoms with van der Waals surface area (Å²) in [5.41, 5.74) is 10.6. The minimum atomic E-state index is -0.0814. The molecule has 2 N–H and O–H groups in total. The molecule has 2 aliphatic rings. The molecule has 2 rings (SSSR count). The number of carbonyl (C=O) groups excluding carboxylic acids is 2. The third-order valence-corrected chi connectivity index (χ3v) is 11.7. The molecule has 274 valence electrons. The maximum Gasteiger partial charge on any atom is 0.244 e. The average molecular weight is 717 g/mol. The van der Waals surface area contributed by atoms with Crippen LogP contribution in [0.15, 0.2) is 117 Å². The molecular formula is C44H64N2O2S2. The van der Waals surface area contributed by atoms with Gasteiger partial charge in [-0.15, -0.1) is 0 Å². The van der Waals surface area contributed by atoms with Gasteiger partial charge in [-0.25, -0.2) is 0 Å². The van der Waals surface area contributed by atoms with Gasteiger partial charge in [0.15, 0.2) is 0 Å². The second-order valence-corrected chi connectivity index (χ2v) is 17.8. The van der Waals surface area contributed by atoms with Crippen molar-refractivity contribution in [2.45, 2.75) is 108 Å². The Morgan fingerprint density at radius 1 is 0.620 bits per heavy atom. The maximum atomic E-state index is 12.3. The summed E-state index contributed by atoms with van der Waals surface area (Å²) in [5, 5.41) is 5.91. The predicted octanol–water partition coefficient (Wildman–Crippen LogP) is 11.7. The number of carbonyl (C=O) groups is 2. The number of amides is 2. The normalized spacial score (nSPS) is 19.5. The molecule has 0 atom stereocenters. The Kier molecular flexibility index (Phi) is 19.1. The van der Waals surface area contributed by atoms with Crippen molar-refractivity contribution in [2.24, 2.45) is 10.8 Å². The van der Waals surface area contributed by atoms with E-state index in [1.54, 1.807) is 33.7 Å². The number of nitrogens with one attached hydrogen (secondary N) is 2. The van der Waals surface area contributed by atoms with Gasteiger partial charge in [-0.1, -0.05) is 132 Å². The summed E-state index contributed by atoms with van der Waals surface area (Å²) in [4.78, 5) is 24.6. The maximum absolute atomic E-state index is 12.3. The van der Waals surface area contributed by atoms with E-state index in [4.69, 9.17) is 0 Å². The summed E-state index contributed by atoms with van der Waals surface area (Å²) in [6, 6.07) is 0. The summed E-state index contributed by atoms with van der Waals surface area (Å²) >= 11 is 0. The third kappa shape index (κ3) is 16.8. The van der Waals surface area contributed by atoms with Crippen molar-refractivity contribution < 1.29 is 9.59 Å². The Morgan fingerprint density at radius 3 is 1.36 bits per heavy atom. The summed E-state index contributed by atoms with van der Waals surface area (Å²) in [5.74, 6) is 1.44. The van der Waals surface area contributed by atoms with E-state index >= 15 is 0 Å². The Morgan fingerprint density at radius 2 is 1.00 bits per heavy atom. The molecule has 0 spiro atoms. The van der Waals surface area contributed by atoms with E-state index in [0.29, 0.717) is 13.1 Å². The topological polar surface area (TPSA) is 58.2 Å². The van der Waals surface area contributed by atoms with E-state index < -0.39 is 0 Å². The minimum Gasteiger partial charge on any atom is -0.352 e. The number of hydrogen-bond acceptors (Lipinski definition) is 4. The second kappa shape index (κ2) is 22.1. The van der Waals surface area contributed by atoms with E-state index in [2.05, 4.69) is 102 Å². The first-order valence-corrected chi connectivity index (χ1v) is 20.7. The molecule has 0 aliphatic heterocycles. The van der Waals surface area contributed by atoms with Gasteiger partial charge in [0.1, 0.15) is 0 Å². The highest BCUT2D eigenvalue weighted by Gasteiger charge is 2.27. The lowest BCUT2D eigenvalue weighted by atomic mass is 9.72. The van der Waals surface area contributed by atoms with Crippen LogP contribution in [0.2, 0.25) is 0 Å². The molecular weight excluding hydrogens is 653 g/mol. The highest BCUT2D eigenvalue weighted by atomic mass is 33.1. The highest BCUT2D eigenvalue weighted by Crippen LogP contribution is 2.41. The van der Waals surface area contributed by atoms with Crippen LogP contribution in [0.5, 0.6) is 0 Å². The largest absolute Gasteiger partial charge is 0.352 e. The first kappa shape index (κ1) is 43.2. The van der Waals surface area contributed by atoms with Crippen molar-refractivity contribution in [1.29, 1.82) is 0 Å². The smallest absolute Gasteiger partial charge is 0.244 e. The Balaban J connectivity index is 1.62. The van der Waals surface area contributed by atoms with Gasteiger partial charge < -0.3 is 10.6 Å². The summed E-state index contributed by atoms with van der Waals surface area (Å²) in [6.07, 6.45) is 31.7.